The summed E-state index contributed by atoms with van der Waals surface area (Å²) in [6.45, 7) is -0.407. The summed E-state index contributed by atoms with van der Waals surface area (Å²) in [7, 11) is 0. The summed E-state index contributed by atoms with van der Waals surface area (Å²) < 4.78 is 52.7. The molecule has 0 spiro atoms. The average Bonchev–Trinajstić information content (AvgIpc) is 2.38. The number of pyridine rings is 1. The molecule has 0 saturated carbocycles. The van der Waals surface area contributed by atoms with Crippen LogP contribution in [0.1, 0.15) is 5.56 Å². The predicted octanol–water partition coefficient (Wildman–Crippen LogP) is 3.28. The number of halogens is 4. The van der Waals surface area contributed by atoms with E-state index in [1.165, 1.54) is 18.3 Å². The molecule has 1 N–H and O–H groups in total. The van der Waals surface area contributed by atoms with Gasteiger partial charge in [-0.25, -0.2) is 4.98 Å². The van der Waals surface area contributed by atoms with E-state index < -0.39 is 18.9 Å². The van der Waals surface area contributed by atoms with Crippen molar-refractivity contribution in [2.24, 2.45) is 0 Å². The van der Waals surface area contributed by atoms with Crippen molar-refractivity contribution >= 4 is 0 Å². The van der Waals surface area contributed by atoms with Crippen LogP contribution in [-0.2, 0) is 6.61 Å². The first-order valence-corrected chi connectivity index (χ1v) is 5.50. The van der Waals surface area contributed by atoms with Crippen LogP contribution in [0.4, 0.5) is 17.6 Å². The summed E-state index contributed by atoms with van der Waals surface area (Å²) in [5, 5.41) is 9.14. The van der Waals surface area contributed by atoms with Crippen molar-refractivity contribution in [2.45, 2.75) is 13.0 Å². The van der Waals surface area contributed by atoms with Gasteiger partial charge in [-0.05, 0) is 29.3 Å². The minimum atomic E-state index is -4.75. The van der Waals surface area contributed by atoms with Crippen molar-refractivity contribution < 1.29 is 27.4 Å². The minimum absolute atomic E-state index is 0.294. The van der Waals surface area contributed by atoms with Gasteiger partial charge in [0.25, 0.3) is 0 Å². The third kappa shape index (κ3) is 3.45. The maximum absolute atomic E-state index is 12.9. The quantitative estimate of drug-likeness (QED) is 0.696. The highest BCUT2D eigenvalue weighted by Gasteiger charge is 2.30. The van der Waals surface area contributed by atoms with E-state index in [0.29, 0.717) is 16.7 Å². The van der Waals surface area contributed by atoms with Gasteiger partial charge in [-0.1, -0.05) is 12.1 Å². The topological polar surface area (TPSA) is 42.4 Å². The number of benzene rings is 1. The highest BCUT2D eigenvalue weighted by Crippen LogP contribution is 2.28. The molecule has 0 unspecified atom stereocenters. The molecule has 0 amide bonds. The highest BCUT2D eigenvalue weighted by atomic mass is 19.4. The Hall–Kier alpha value is -2.15. The monoisotopic (exact) mass is 287 g/mol. The molecule has 2 rings (SSSR count). The van der Waals surface area contributed by atoms with Crippen LogP contribution in [0.3, 0.4) is 0 Å². The molecule has 0 aliphatic heterocycles. The Morgan fingerprint density at radius 2 is 1.80 bits per heavy atom. The summed E-state index contributed by atoms with van der Waals surface area (Å²) in [5.41, 5.74) is 1.23. The Balaban J connectivity index is 2.30. The number of rotatable bonds is 3. The van der Waals surface area contributed by atoms with Crippen LogP contribution in [0.5, 0.6) is 5.75 Å². The van der Waals surface area contributed by atoms with E-state index in [2.05, 4.69) is 9.72 Å². The fourth-order valence-corrected chi connectivity index (χ4v) is 1.69. The molecule has 0 radical (unpaired) electrons. The van der Waals surface area contributed by atoms with Crippen LogP contribution in [0.15, 0.2) is 36.5 Å². The summed E-state index contributed by atoms with van der Waals surface area (Å²) in [4.78, 5) is 3.46. The molecule has 7 heteroatoms. The Morgan fingerprint density at radius 3 is 2.35 bits per heavy atom. The van der Waals surface area contributed by atoms with Crippen molar-refractivity contribution in [1.29, 1.82) is 0 Å². The van der Waals surface area contributed by atoms with Crippen LogP contribution in [0.2, 0.25) is 0 Å². The number of hydrogen-bond acceptors (Lipinski definition) is 3. The first-order valence-electron chi connectivity index (χ1n) is 5.50. The van der Waals surface area contributed by atoms with Gasteiger partial charge in [0.05, 0.1) is 6.61 Å². The van der Waals surface area contributed by atoms with Crippen LogP contribution >= 0.6 is 0 Å². The Morgan fingerprint density at radius 1 is 1.15 bits per heavy atom. The lowest BCUT2D eigenvalue weighted by molar-refractivity contribution is -0.274. The maximum atomic E-state index is 12.9. The first kappa shape index (κ1) is 14.3. The van der Waals surface area contributed by atoms with Crippen molar-refractivity contribution in [3.63, 3.8) is 0 Å². The largest absolute Gasteiger partial charge is 0.573 e. The summed E-state index contributed by atoms with van der Waals surface area (Å²) in [5.74, 6) is -1.10. The zero-order valence-corrected chi connectivity index (χ0v) is 9.99. The van der Waals surface area contributed by atoms with Gasteiger partial charge in [0, 0.05) is 11.8 Å². The third-order valence-corrected chi connectivity index (χ3v) is 2.53. The molecule has 0 fully saturated rings. The lowest BCUT2D eigenvalue weighted by Crippen LogP contribution is -2.16. The molecule has 0 atom stereocenters. The lowest BCUT2D eigenvalue weighted by Gasteiger charge is -2.10. The molecule has 20 heavy (non-hydrogen) atoms. The van der Waals surface area contributed by atoms with Crippen molar-refractivity contribution in [2.75, 3.05) is 0 Å². The molecule has 2 aromatic rings. The summed E-state index contributed by atoms with van der Waals surface area (Å²) >= 11 is 0. The number of nitrogens with zero attached hydrogens (tertiary/aromatic N) is 1. The van der Waals surface area contributed by atoms with E-state index in [1.54, 1.807) is 0 Å². The van der Waals surface area contributed by atoms with Gasteiger partial charge >= 0.3 is 6.36 Å². The molecule has 0 aliphatic rings. The van der Waals surface area contributed by atoms with Gasteiger partial charge in [-0.15, -0.1) is 13.2 Å². The Kier molecular flexibility index (Phi) is 3.89. The smallest absolute Gasteiger partial charge is 0.406 e. The number of alkyl halides is 3. The maximum Gasteiger partial charge on any atom is 0.573 e. The highest BCUT2D eigenvalue weighted by molar-refractivity contribution is 5.66. The van der Waals surface area contributed by atoms with Gasteiger partial charge in [-0.2, -0.15) is 4.39 Å². The normalized spacial score (nSPS) is 11.4. The van der Waals surface area contributed by atoms with E-state index in [4.69, 9.17) is 5.11 Å². The lowest BCUT2D eigenvalue weighted by atomic mass is 10.0. The SMILES string of the molecule is OCc1cc(F)ncc1-c1ccc(OC(F)(F)F)cc1. The molecular weight excluding hydrogens is 278 g/mol. The van der Waals surface area contributed by atoms with Crippen LogP contribution in [0.25, 0.3) is 11.1 Å². The standard InChI is InChI=1S/C13H9F4NO2/c14-12-5-9(7-19)11(6-18-12)8-1-3-10(4-2-8)20-13(15,16)17/h1-6,19H,7H2. The van der Waals surface area contributed by atoms with E-state index in [-0.39, 0.29) is 5.75 Å². The van der Waals surface area contributed by atoms with Crippen molar-refractivity contribution in [3.05, 3.63) is 48.0 Å². The number of aliphatic hydroxyl groups excluding tert-OH is 1. The third-order valence-electron chi connectivity index (χ3n) is 2.53. The second-order valence-electron chi connectivity index (χ2n) is 3.89. The van der Waals surface area contributed by atoms with Gasteiger partial charge in [0.2, 0.25) is 5.95 Å². The van der Waals surface area contributed by atoms with Crippen LogP contribution < -0.4 is 4.74 Å². The summed E-state index contributed by atoms with van der Waals surface area (Å²) in [6, 6.07) is 6.07. The zero-order chi connectivity index (χ0) is 14.8. The average molecular weight is 287 g/mol. The molecular formula is C13H9F4NO2. The Labute approximate surface area is 111 Å². The molecule has 0 aliphatic carbocycles. The van der Waals surface area contributed by atoms with E-state index in [9.17, 15) is 17.6 Å². The Bertz CT molecular complexity index is 596. The van der Waals surface area contributed by atoms with Gasteiger partial charge in [0.1, 0.15) is 5.75 Å². The minimum Gasteiger partial charge on any atom is -0.406 e. The molecule has 106 valence electrons. The fraction of sp³-hybridized carbons (Fsp3) is 0.154. The molecule has 1 heterocycles. The number of hydrogen-bond donors (Lipinski definition) is 1. The van der Waals surface area contributed by atoms with E-state index in [0.717, 1.165) is 18.2 Å². The zero-order valence-electron chi connectivity index (χ0n) is 9.99. The molecule has 1 aromatic heterocycles. The molecule has 0 saturated heterocycles. The second kappa shape index (κ2) is 5.46. The molecule has 1 aromatic carbocycles. The van der Waals surface area contributed by atoms with Gasteiger partial charge < -0.3 is 9.84 Å². The van der Waals surface area contributed by atoms with Crippen LogP contribution in [-0.4, -0.2) is 16.5 Å². The first-order chi connectivity index (χ1) is 9.39. The number of ether oxygens (including phenoxy) is 1. The molecule has 3 nitrogen and oxygen atoms in total. The van der Waals surface area contributed by atoms with E-state index in [1.807, 2.05) is 0 Å². The fourth-order valence-electron chi connectivity index (χ4n) is 1.69. The number of aliphatic hydroxyl groups is 1. The van der Waals surface area contributed by atoms with Crippen molar-refractivity contribution in [1.82, 2.24) is 4.98 Å². The van der Waals surface area contributed by atoms with Crippen molar-refractivity contribution in [3.8, 4) is 16.9 Å². The summed E-state index contributed by atoms with van der Waals surface area (Å²) in [6.07, 6.45) is -3.55. The second-order valence-corrected chi connectivity index (χ2v) is 3.89. The van der Waals surface area contributed by atoms with Crippen LogP contribution in [0, 0.1) is 5.95 Å². The van der Waals surface area contributed by atoms with E-state index >= 15 is 0 Å². The van der Waals surface area contributed by atoms with Gasteiger partial charge in [0.15, 0.2) is 0 Å². The van der Waals surface area contributed by atoms with Gasteiger partial charge in [-0.3, -0.25) is 0 Å². The molecule has 0 bridgehead atoms. The predicted molar refractivity (Wildman–Crippen MR) is 62.2 cm³/mol. The number of aromatic nitrogens is 1.